The second-order valence-electron chi connectivity index (χ2n) is 5.82. The number of aliphatic carboxylic acids is 1. The van der Waals surface area contributed by atoms with Gasteiger partial charge in [0.1, 0.15) is 12.6 Å². The van der Waals surface area contributed by atoms with Crippen molar-refractivity contribution in [1.29, 1.82) is 0 Å². The molecular weight excluding hydrogens is 368 g/mol. The van der Waals surface area contributed by atoms with Crippen LogP contribution in [0.25, 0.3) is 0 Å². The number of ketones is 1. The summed E-state index contributed by atoms with van der Waals surface area (Å²) in [6.45, 7) is -0.391. The van der Waals surface area contributed by atoms with E-state index in [0.29, 0.717) is 5.56 Å². The van der Waals surface area contributed by atoms with Crippen LogP contribution in [-0.2, 0) is 16.1 Å². The van der Waals surface area contributed by atoms with Gasteiger partial charge in [-0.15, -0.1) is 0 Å². The minimum Gasteiger partial charge on any atom is -0.480 e. The van der Waals surface area contributed by atoms with Crippen LogP contribution in [0.5, 0.6) is 0 Å². The largest absolute Gasteiger partial charge is 0.480 e. The van der Waals surface area contributed by atoms with Crippen molar-refractivity contribution in [2.45, 2.75) is 25.5 Å². The fourth-order valence-electron chi connectivity index (χ4n) is 2.44. The number of carbonyl (C=O) groups excluding carboxylic acids is 2. The van der Waals surface area contributed by atoms with Gasteiger partial charge in [-0.05, 0) is 12.5 Å². The number of Topliss-reactive ketones (excluding diaryl/α,β-unsaturated/α-hetero) is 1. The molecule has 0 aromatic heterocycles. The van der Waals surface area contributed by atoms with Crippen molar-refractivity contribution in [3.05, 3.63) is 75.8 Å². The van der Waals surface area contributed by atoms with E-state index in [2.05, 4.69) is 5.32 Å². The average molecular weight is 386 g/mol. The molecule has 146 valence electrons. The maximum atomic E-state index is 12.1. The summed E-state index contributed by atoms with van der Waals surface area (Å²) in [7, 11) is 0. The number of amides is 1. The number of nitro benzene ring substituents is 1. The highest BCUT2D eigenvalue weighted by molar-refractivity contribution is 5.96. The maximum absolute atomic E-state index is 12.1. The first kappa shape index (κ1) is 20.6. The van der Waals surface area contributed by atoms with Crippen LogP contribution in [0.3, 0.4) is 0 Å². The van der Waals surface area contributed by atoms with Gasteiger partial charge in [0.15, 0.2) is 5.78 Å². The van der Waals surface area contributed by atoms with Crippen molar-refractivity contribution in [1.82, 2.24) is 5.32 Å². The molecule has 0 aliphatic rings. The number of para-hydroxylation sites is 1. The fraction of sp³-hybridized carbons (Fsp3) is 0.211. The molecule has 0 saturated heterocycles. The van der Waals surface area contributed by atoms with Gasteiger partial charge < -0.3 is 15.2 Å². The third-order valence-corrected chi connectivity index (χ3v) is 3.89. The van der Waals surface area contributed by atoms with E-state index in [1.807, 2.05) is 0 Å². The van der Waals surface area contributed by atoms with Crippen LogP contribution in [0.1, 0.15) is 28.8 Å². The van der Waals surface area contributed by atoms with E-state index in [1.165, 1.54) is 18.2 Å². The Kier molecular flexibility index (Phi) is 7.21. The molecule has 0 aliphatic carbocycles. The van der Waals surface area contributed by atoms with Crippen molar-refractivity contribution < 1.29 is 29.2 Å². The van der Waals surface area contributed by atoms with Crippen molar-refractivity contribution >= 4 is 23.5 Å². The number of carboxylic acids is 1. The van der Waals surface area contributed by atoms with Gasteiger partial charge in [0.05, 0.1) is 10.5 Å². The Labute approximate surface area is 160 Å². The summed E-state index contributed by atoms with van der Waals surface area (Å²) in [5, 5.41) is 22.3. The van der Waals surface area contributed by atoms with E-state index in [9.17, 15) is 29.6 Å². The number of nitrogens with zero attached hydrogens (tertiary/aromatic N) is 1. The number of rotatable bonds is 9. The second-order valence-corrected chi connectivity index (χ2v) is 5.82. The molecule has 0 radical (unpaired) electrons. The van der Waals surface area contributed by atoms with Gasteiger partial charge in [0, 0.05) is 18.1 Å². The standard InChI is InChI=1S/C19H18N2O7/c22-17(13-6-2-1-3-7-13)11-10-15(18(23)24)20-19(25)28-12-14-8-4-5-9-16(14)21(26)27/h1-9,15H,10-12H2,(H,20,25)(H,23,24). The van der Waals surface area contributed by atoms with Gasteiger partial charge >= 0.3 is 12.1 Å². The highest BCUT2D eigenvalue weighted by Crippen LogP contribution is 2.18. The van der Waals surface area contributed by atoms with E-state index in [0.717, 1.165) is 0 Å². The molecule has 0 spiro atoms. The predicted molar refractivity (Wildman–Crippen MR) is 97.8 cm³/mol. The predicted octanol–water partition coefficient (Wildman–Crippen LogP) is 2.94. The number of nitro groups is 1. The normalized spacial score (nSPS) is 11.3. The van der Waals surface area contributed by atoms with Crippen LogP contribution in [-0.4, -0.2) is 33.9 Å². The number of hydrogen-bond donors (Lipinski definition) is 2. The van der Waals surface area contributed by atoms with E-state index in [1.54, 1.807) is 36.4 Å². The third-order valence-electron chi connectivity index (χ3n) is 3.89. The van der Waals surface area contributed by atoms with Crippen molar-refractivity contribution in [2.75, 3.05) is 0 Å². The molecular formula is C19H18N2O7. The minimum atomic E-state index is -1.33. The highest BCUT2D eigenvalue weighted by Gasteiger charge is 2.23. The Morgan fingerprint density at radius 3 is 2.36 bits per heavy atom. The Morgan fingerprint density at radius 1 is 1.07 bits per heavy atom. The van der Waals surface area contributed by atoms with Gasteiger partial charge in [-0.25, -0.2) is 9.59 Å². The lowest BCUT2D eigenvalue weighted by Gasteiger charge is -2.14. The van der Waals surface area contributed by atoms with Crippen LogP contribution in [0.15, 0.2) is 54.6 Å². The Morgan fingerprint density at radius 2 is 1.71 bits per heavy atom. The van der Waals surface area contributed by atoms with Gasteiger partial charge in [-0.3, -0.25) is 14.9 Å². The summed E-state index contributed by atoms with van der Waals surface area (Å²) < 4.78 is 4.89. The van der Waals surface area contributed by atoms with Crippen LogP contribution < -0.4 is 5.32 Å². The number of hydrogen-bond acceptors (Lipinski definition) is 6. The van der Waals surface area contributed by atoms with E-state index in [-0.39, 0.29) is 29.9 Å². The Hall–Kier alpha value is -3.75. The van der Waals surface area contributed by atoms with E-state index < -0.39 is 29.6 Å². The molecule has 0 aliphatic heterocycles. The fourth-order valence-corrected chi connectivity index (χ4v) is 2.44. The maximum Gasteiger partial charge on any atom is 0.408 e. The van der Waals surface area contributed by atoms with Crippen LogP contribution >= 0.6 is 0 Å². The smallest absolute Gasteiger partial charge is 0.408 e. The Balaban J connectivity index is 1.90. The number of ether oxygens (including phenoxy) is 1. The zero-order valence-corrected chi connectivity index (χ0v) is 14.7. The summed E-state index contributed by atoms with van der Waals surface area (Å²) in [6.07, 6.45) is -1.24. The molecule has 2 aromatic rings. The molecule has 1 atom stereocenters. The third kappa shape index (κ3) is 5.90. The summed E-state index contributed by atoms with van der Waals surface area (Å²) in [5.74, 6) is -1.56. The van der Waals surface area contributed by atoms with Crippen molar-refractivity contribution in [3.8, 4) is 0 Å². The topological polar surface area (TPSA) is 136 Å². The minimum absolute atomic E-state index is 0.0780. The quantitative estimate of drug-likeness (QED) is 0.384. The van der Waals surface area contributed by atoms with Crippen molar-refractivity contribution in [3.63, 3.8) is 0 Å². The van der Waals surface area contributed by atoms with E-state index >= 15 is 0 Å². The average Bonchev–Trinajstić information content (AvgIpc) is 2.69. The molecule has 1 amide bonds. The first-order valence-corrected chi connectivity index (χ1v) is 8.35. The van der Waals surface area contributed by atoms with E-state index in [4.69, 9.17) is 4.74 Å². The summed E-state index contributed by atoms with van der Waals surface area (Å²) in [6, 6.07) is 12.8. The number of benzene rings is 2. The highest BCUT2D eigenvalue weighted by atomic mass is 16.6. The number of nitrogens with one attached hydrogen (secondary N) is 1. The van der Waals surface area contributed by atoms with Crippen LogP contribution in [0, 0.1) is 10.1 Å². The SMILES string of the molecule is O=C(NC(CCC(=O)c1ccccc1)C(=O)O)OCc1ccccc1[N+](=O)[O-]. The monoisotopic (exact) mass is 386 g/mol. The molecule has 0 bridgehead atoms. The lowest BCUT2D eigenvalue weighted by atomic mass is 10.0. The van der Waals surface area contributed by atoms with Crippen LogP contribution in [0.2, 0.25) is 0 Å². The molecule has 28 heavy (non-hydrogen) atoms. The molecule has 2 N–H and O–H groups in total. The number of carbonyl (C=O) groups is 3. The summed E-state index contributed by atoms with van der Waals surface area (Å²) in [5.41, 5.74) is 0.415. The zero-order chi connectivity index (χ0) is 20.5. The summed E-state index contributed by atoms with van der Waals surface area (Å²) in [4.78, 5) is 45.6. The molecule has 0 fully saturated rings. The molecule has 9 heteroatoms. The lowest BCUT2D eigenvalue weighted by molar-refractivity contribution is -0.385. The lowest BCUT2D eigenvalue weighted by Crippen LogP contribution is -2.41. The molecule has 2 rings (SSSR count). The first-order chi connectivity index (χ1) is 13.4. The molecule has 1 unspecified atom stereocenters. The summed E-state index contributed by atoms with van der Waals surface area (Å²) >= 11 is 0. The molecule has 0 saturated carbocycles. The second kappa shape index (κ2) is 9.81. The van der Waals surface area contributed by atoms with Gasteiger partial charge in [-0.1, -0.05) is 42.5 Å². The van der Waals surface area contributed by atoms with Gasteiger partial charge in [0.25, 0.3) is 5.69 Å². The first-order valence-electron chi connectivity index (χ1n) is 8.35. The zero-order valence-electron chi connectivity index (χ0n) is 14.7. The molecule has 2 aromatic carbocycles. The van der Waals surface area contributed by atoms with Gasteiger partial charge in [-0.2, -0.15) is 0 Å². The Bertz CT molecular complexity index is 868. The van der Waals surface area contributed by atoms with Gasteiger partial charge in [0.2, 0.25) is 0 Å². The molecule has 0 heterocycles. The van der Waals surface area contributed by atoms with Crippen molar-refractivity contribution in [2.24, 2.45) is 0 Å². The number of alkyl carbamates (subject to hydrolysis) is 1. The van der Waals surface area contributed by atoms with Crippen LogP contribution in [0.4, 0.5) is 10.5 Å². The molecule has 9 nitrogen and oxygen atoms in total. The number of carboxylic acid groups (broad SMARTS) is 1.